The molecular weight excluding hydrogens is 330 g/mol. The molecule has 4 rings (SSSR count). The minimum absolute atomic E-state index is 0.112. The number of hydrogen-bond acceptors (Lipinski definition) is 5. The molecule has 0 spiro atoms. The number of aromatic nitrogens is 5. The molecule has 1 amide bonds. The molecule has 0 radical (unpaired) electrons. The summed E-state index contributed by atoms with van der Waals surface area (Å²) in [5.74, 6) is 0.748. The largest absolute Gasteiger partial charge is 0.336 e. The number of para-hydroxylation sites is 1. The number of nitrogens with one attached hydrogen (secondary N) is 1. The van der Waals surface area contributed by atoms with Gasteiger partial charge in [0.1, 0.15) is 11.9 Å². The minimum Gasteiger partial charge on any atom is -0.336 e. The van der Waals surface area contributed by atoms with Crippen molar-refractivity contribution in [2.24, 2.45) is 7.05 Å². The highest BCUT2D eigenvalue weighted by atomic mass is 16.2. The Morgan fingerprint density at radius 3 is 2.81 bits per heavy atom. The Hall–Kier alpha value is -3.00. The second-order valence-electron chi connectivity index (χ2n) is 6.39. The molecule has 3 aromatic rings. The van der Waals surface area contributed by atoms with Gasteiger partial charge in [-0.3, -0.25) is 4.79 Å². The van der Waals surface area contributed by atoms with Gasteiger partial charge in [0.25, 0.3) is 5.91 Å². The second-order valence-corrected chi connectivity index (χ2v) is 6.39. The zero-order valence-electron chi connectivity index (χ0n) is 14.8. The van der Waals surface area contributed by atoms with E-state index in [0.29, 0.717) is 18.8 Å². The zero-order chi connectivity index (χ0) is 18.1. The van der Waals surface area contributed by atoms with Crippen molar-refractivity contribution in [1.82, 2.24) is 34.8 Å². The Bertz CT molecular complexity index is 915. The quantitative estimate of drug-likeness (QED) is 0.764. The highest BCUT2D eigenvalue weighted by Crippen LogP contribution is 2.23. The third kappa shape index (κ3) is 2.78. The maximum atomic E-state index is 13.2. The van der Waals surface area contributed by atoms with Crippen LogP contribution in [0, 0.1) is 6.92 Å². The van der Waals surface area contributed by atoms with E-state index in [9.17, 15) is 4.79 Å². The highest BCUT2D eigenvalue weighted by Gasteiger charge is 2.33. The monoisotopic (exact) mass is 351 g/mol. The van der Waals surface area contributed by atoms with E-state index in [1.165, 1.54) is 0 Å². The van der Waals surface area contributed by atoms with E-state index in [2.05, 4.69) is 20.6 Å². The number of rotatable bonds is 3. The number of amides is 1. The molecule has 26 heavy (non-hydrogen) atoms. The molecule has 1 atom stereocenters. The van der Waals surface area contributed by atoms with E-state index >= 15 is 0 Å². The predicted molar refractivity (Wildman–Crippen MR) is 96.0 cm³/mol. The molecule has 1 N–H and O–H groups in total. The molecule has 0 saturated carbocycles. The van der Waals surface area contributed by atoms with Crippen molar-refractivity contribution in [1.29, 1.82) is 0 Å². The molecule has 8 heteroatoms. The van der Waals surface area contributed by atoms with E-state index in [1.54, 1.807) is 10.9 Å². The zero-order valence-corrected chi connectivity index (χ0v) is 14.8. The molecule has 2 aromatic heterocycles. The summed E-state index contributed by atoms with van der Waals surface area (Å²) in [7, 11) is 1.94. The Morgan fingerprint density at radius 1 is 1.27 bits per heavy atom. The first-order valence-corrected chi connectivity index (χ1v) is 8.63. The number of piperazine rings is 1. The van der Waals surface area contributed by atoms with Crippen LogP contribution in [0.1, 0.15) is 28.0 Å². The lowest BCUT2D eigenvalue weighted by atomic mass is 10.1. The summed E-state index contributed by atoms with van der Waals surface area (Å²) in [6, 6.07) is 9.57. The number of benzene rings is 1. The molecule has 0 aliphatic carbocycles. The van der Waals surface area contributed by atoms with E-state index in [4.69, 9.17) is 0 Å². The minimum atomic E-state index is -0.127. The van der Waals surface area contributed by atoms with Gasteiger partial charge in [0.05, 0.1) is 11.4 Å². The fourth-order valence-corrected chi connectivity index (χ4v) is 3.35. The van der Waals surface area contributed by atoms with Gasteiger partial charge in [-0.05, 0) is 19.1 Å². The van der Waals surface area contributed by atoms with Crippen LogP contribution in [-0.4, -0.2) is 55.0 Å². The summed E-state index contributed by atoms with van der Waals surface area (Å²) < 4.78 is 3.65. The van der Waals surface area contributed by atoms with Crippen molar-refractivity contribution in [2.75, 3.05) is 19.6 Å². The van der Waals surface area contributed by atoms with Gasteiger partial charge in [-0.15, -0.1) is 5.10 Å². The van der Waals surface area contributed by atoms with Crippen LogP contribution in [0.4, 0.5) is 0 Å². The number of imidazole rings is 1. The standard InChI is InChI=1S/C18H21N7O/c1-13-16(21-22-25(13)14-6-4-3-5-7-14)18(26)24-11-8-19-12-15(24)17-20-9-10-23(17)2/h3-7,9-10,15,19H,8,11-12H2,1-2H3. The Morgan fingerprint density at radius 2 is 2.08 bits per heavy atom. The maximum Gasteiger partial charge on any atom is 0.277 e. The van der Waals surface area contributed by atoms with Gasteiger partial charge >= 0.3 is 0 Å². The molecule has 1 aliphatic rings. The first kappa shape index (κ1) is 16.5. The van der Waals surface area contributed by atoms with Crippen molar-refractivity contribution in [3.63, 3.8) is 0 Å². The van der Waals surface area contributed by atoms with Crippen LogP contribution in [0.2, 0.25) is 0 Å². The average molecular weight is 351 g/mol. The lowest BCUT2D eigenvalue weighted by molar-refractivity contribution is 0.0614. The van der Waals surface area contributed by atoms with Crippen LogP contribution in [0.25, 0.3) is 5.69 Å². The van der Waals surface area contributed by atoms with Crippen LogP contribution >= 0.6 is 0 Å². The van der Waals surface area contributed by atoms with Crippen molar-refractivity contribution < 1.29 is 4.79 Å². The van der Waals surface area contributed by atoms with Crippen molar-refractivity contribution in [3.8, 4) is 5.69 Å². The van der Waals surface area contributed by atoms with E-state index in [-0.39, 0.29) is 11.9 Å². The molecule has 3 heterocycles. The molecule has 1 saturated heterocycles. The van der Waals surface area contributed by atoms with Crippen LogP contribution < -0.4 is 5.32 Å². The van der Waals surface area contributed by atoms with Crippen LogP contribution in [0.15, 0.2) is 42.7 Å². The topological polar surface area (TPSA) is 80.9 Å². The number of hydrogen-bond donors (Lipinski definition) is 1. The molecule has 134 valence electrons. The van der Waals surface area contributed by atoms with Gasteiger partial charge in [-0.25, -0.2) is 9.67 Å². The summed E-state index contributed by atoms with van der Waals surface area (Å²) >= 11 is 0. The number of carbonyl (C=O) groups is 1. The number of carbonyl (C=O) groups excluding carboxylic acids is 1. The third-order valence-corrected chi connectivity index (χ3v) is 4.76. The maximum absolute atomic E-state index is 13.2. The van der Waals surface area contributed by atoms with E-state index in [0.717, 1.165) is 23.8 Å². The summed E-state index contributed by atoms with van der Waals surface area (Å²) in [6.07, 6.45) is 3.65. The summed E-state index contributed by atoms with van der Waals surface area (Å²) in [5, 5.41) is 11.7. The van der Waals surface area contributed by atoms with Crippen LogP contribution in [0.5, 0.6) is 0 Å². The smallest absolute Gasteiger partial charge is 0.277 e. The van der Waals surface area contributed by atoms with Gasteiger partial charge in [-0.2, -0.15) is 0 Å². The SMILES string of the molecule is Cc1c(C(=O)N2CCNCC2c2nccn2C)nnn1-c1ccccc1. The predicted octanol–water partition coefficient (Wildman–Crippen LogP) is 1.10. The Kier molecular flexibility index (Phi) is 4.26. The summed E-state index contributed by atoms with van der Waals surface area (Å²) in [4.78, 5) is 19.5. The molecule has 1 fully saturated rings. The molecule has 8 nitrogen and oxygen atoms in total. The molecule has 1 unspecified atom stereocenters. The summed E-state index contributed by atoms with van der Waals surface area (Å²) in [5.41, 5.74) is 2.01. The normalized spacial score (nSPS) is 17.5. The Balaban J connectivity index is 1.66. The number of aryl methyl sites for hydroxylation is 1. The molecule has 0 bridgehead atoms. The first-order valence-electron chi connectivity index (χ1n) is 8.63. The van der Waals surface area contributed by atoms with Gasteiger partial charge in [0.15, 0.2) is 5.69 Å². The lowest BCUT2D eigenvalue weighted by Crippen LogP contribution is -2.49. The average Bonchev–Trinajstić information content (AvgIpc) is 3.27. The number of nitrogens with zero attached hydrogens (tertiary/aromatic N) is 6. The highest BCUT2D eigenvalue weighted by molar-refractivity contribution is 5.93. The van der Waals surface area contributed by atoms with Gasteiger partial charge in [-0.1, -0.05) is 23.4 Å². The fraction of sp³-hybridized carbons (Fsp3) is 0.333. The van der Waals surface area contributed by atoms with E-state index < -0.39 is 0 Å². The Labute approximate surface area is 151 Å². The second kappa shape index (κ2) is 6.72. The fourth-order valence-electron chi connectivity index (χ4n) is 3.35. The van der Waals surface area contributed by atoms with Crippen LogP contribution in [0.3, 0.4) is 0 Å². The van der Waals surface area contributed by atoms with Gasteiger partial charge < -0.3 is 14.8 Å². The van der Waals surface area contributed by atoms with Gasteiger partial charge in [0, 0.05) is 39.1 Å². The third-order valence-electron chi connectivity index (χ3n) is 4.76. The molecule has 1 aromatic carbocycles. The molecule has 1 aliphatic heterocycles. The lowest BCUT2D eigenvalue weighted by Gasteiger charge is -2.35. The summed E-state index contributed by atoms with van der Waals surface area (Å²) in [6.45, 7) is 3.90. The first-order chi connectivity index (χ1) is 12.7. The van der Waals surface area contributed by atoms with Crippen LogP contribution in [-0.2, 0) is 7.05 Å². The van der Waals surface area contributed by atoms with Crippen molar-refractivity contribution in [3.05, 3.63) is 59.9 Å². The molecular formula is C18H21N7O. The van der Waals surface area contributed by atoms with Gasteiger partial charge in [0.2, 0.25) is 0 Å². The van der Waals surface area contributed by atoms with E-state index in [1.807, 2.05) is 60.0 Å². The van der Waals surface area contributed by atoms with Crippen molar-refractivity contribution >= 4 is 5.91 Å². The van der Waals surface area contributed by atoms with Crippen molar-refractivity contribution in [2.45, 2.75) is 13.0 Å².